The van der Waals surface area contributed by atoms with E-state index in [1.165, 1.54) is 39.2 Å². The molecule has 0 radical (unpaired) electrons. The molecule has 2 heterocycles. The molecule has 150 valence electrons. The molecule has 2 atom stereocenters. The van der Waals surface area contributed by atoms with Gasteiger partial charge >= 0.3 is 0 Å². The molecule has 3 heteroatoms. The fraction of sp³-hybridized carbons (Fsp3) is 0.560. The van der Waals surface area contributed by atoms with Crippen molar-refractivity contribution in [2.45, 2.75) is 91.1 Å². The molecule has 2 aliphatic rings. The number of ether oxygens (including phenoxy) is 2. The summed E-state index contributed by atoms with van der Waals surface area (Å²) in [6.45, 7) is 10.7. The second-order valence-corrected chi connectivity index (χ2v) is 8.91. The summed E-state index contributed by atoms with van der Waals surface area (Å²) in [6, 6.07) is 8.79. The van der Waals surface area contributed by atoms with Crippen LogP contribution in [0.4, 0.5) is 0 Å². The molecule has 1 fully saturated rings. The molecular weight excluding hydrogens is 346 g/mol. The first-order chi connectivity index (χ1) is 13.4. The van der Waals surface area contributed by atoms with Crippen molar-refractivity contribution < 1.29 is 9.47 Å². The Balaban J connectivity index is 1.53. The molecular formula is C25H33NO2. The maximum Gasteiger partial charge on any atom is 0.163 e. The van der Waals surface area contributed by atoms with Gasteiger partial charge in [-0.3, -0.25) is 4.98 Å². The second-order valence-electron chi connectivity index (χ2n) is 8.91. The van der Waals surface area contributed by atoms with Crippen molar-refractivity contribution in [3.05, 3.63) is 63.5 Å². The van der Waals surface area contributed by atoms with Crippen LogP contribution in [0.3, 0.4) is 0 Å². The van der Waals surface area contributed by atoms with Crippen molar-refractivity contribution in [1.29, 1.82) is 0 Å². The Morgan fingerprint density at radius 2 is 1.71 bits per heavy atom. The average Bonchev–Trinajstić information content (AvgIpc) is 2.65. The molecule has 4 rings (SSSR count). The molecule has 0 bridgehead atoms. The van der Waals surface area contributed by atoms with Crippen LogP contribution in [0.5, 0.6) is 0 Å². The van der Waals surface area contributed by atoms with Gasteiger partial charge in [0, 0.05) is 24.2 Å². The fourth-order valence-electron chi connectivity index (χ4n) is 4.98. The highest BCUT2D eigenvalue weighted by Crippen LogP contribution is 2.33. The topological polar surface area (TPSA) is 31.4 Å². The molecule has 28 heavy (non-hydrogen) atoms. The molecule has 0 N–H and O–H groups in total. The Hall–Kier alpha value is -1.71. The van der Waals surface area contributed by atoms with Gasteiger partial charge in [0.2, 0.25) is 0 Å². The van der Waals surface area contributed by atoms with Crippen molar-refractivity contribution in [3.8, 4) is 0 Å². The summed E-state index contributed by atoms with van der Waals surface area (Å²) in [4.78, 5) is 5.03. The average molecular weight is 380 g/mol. The van der Waals surface area contributed by atoms with Crippen LogP contribution in [-0.4, -0.2) is 23.0 Å². The third kappa shape index (κ3) is 3.88. The highest BCUT2D eigenvalue weighted by atomic mass is 16.7. The summed E-state index contributed by atoms with van der Waals surface area (Å²) in [5.74, 6) is -0.481. The smallest absolute Gasteiger partial charge is 0.163 e. The van der Waals surface area contributed by atoms with E-state index in [1.54, 1.807) is 0 Å². The molecule has 3 nitrogen and oxygen atoms in total. The van der Waals surface area contributed by atoms with E-state index >= 15 is 0 Å². The van der Waals surface area contributed by atoms with E-state index in [0.29, 0.717) is 6.10 Å². The number of pyridine rings is 1. The van der Waals surface area contributed by atoms with Gasteiger partial charge in [0.1, 0.15) is 0 Å². The van der Waals surface area contributed by atoms with Crippen molar-refractivity contribution in [2.75, 3.05) is 0 Å². The first kappa shape index (κ1) is 19.6. The Kier molecular flexibility index (Phi) is 5.32. The number of hydrogen-bond donors (Lipinski definition) is 0. The lowest BCUT2D eigenvalue weighted by atomic mass is 9.84. The number of hydrogen-bond acceptors (Lipinski definition) is 3. The Morgan fingerprint density at radius 1 is 1.04 bits per heavy atom. The normalized spacial score (nSPS) is 23.2. The lowest BCUT2D eigenvalue weighted by molar-refractivity contribution is -0.300. The van der Waals surface area contributed by atoms with E-state index in [1.807, 2.05) is 13.8 Å². The zero-order valence-corrected chi connectivity index (χ0v) is 18.0. The summed E-state index contributed by atoms with van der Waals surface area (Å²) in [6.07, 6.45) is 6.61. The molecule has 1 aromatic heterocycles. The minimum Gasteiger partial charge on any atom is -0.347 e. The predicted octanol–water partition coefficient (Wildman–Crippen LogP) is 5.45. The van der Waals surface area contributed by atoms with Crippen LogP contribution in [0.25, 0.3) is 0 Å². The van der Waals surface area contributed by atoms with E-state index < -0.39 is 5.79 Å². The maximum absolute atomic E-state index is 6.22. The third-order valence-electron chi connectivity index (χ3n) is 6.43. The van der Waals surface area contributed by atoms with E-state index in [4.69, 9.17) is 14.5 Å². The van der Waals surface area contributed by atoms with E-state index in [-0.39, 0.29) is 6.10 Å². The van der Waals surface area contributed by atoms with Crippen molar-refractivity contribution in [3.63, 3.8) is 0 Å². The number of aryl methyl sites for hydroxylation is 1. The van der Waals surface area contributed by atoms with Gasteiger partial charge in [0.05, 0.1) is 12.2 Å². The first-order valence-corrected chi connectivity index (χ1v) is 10.8. The third-order valence-corrected chi connectivity index (χ3v) is 6.43. The van der Waals surface area contributed by atoms with Gasteiger partial charge in [-0.05, 0) is 81.2 Å². The number of aromatic nitrogens is 1. The van der Waals surface area contributed by atoms with Crippen LogP contribution in [0, 0.1) is 13.8 Å². The van der Waals surface area contributed by atoms with Crippen LogP contribution in [0.15, 0.2) is 24.3 Å². The summed E-state index contributed by atoms with van der Waals surface area (Å²) >= 11 is 0. The minimum atomic E-state index is -0.481. The standard InChI is InChI=1S/C25H33NO2/c1-6-20-15-21(28-25(4,5)27-20)11-12-22-16(2)23-13-18-9-7-8-10-19(18)14-24(23)26-17(22)3/h7-10,20-21H,6,11-15H2,1-5H3/t20-,21+/m0/s1. The van der Waals surface area contributed by atoms with Crippen LogP contribution in [-0.2, 0) is 28.7 Å². The van der Waals surface area contributed by atoms with Gasteiger partial charge in [0.25, 0.3) is 0 Å². The molecule has 1 aliphatic carbocycles. The highest BCUT2D eigenvalue weighted by Gasteiger charge is 2.34. The lowest BCUT2D eigenvalue weighted by Gasteiger charge is -2.40. The summed E-state index contributed by atoms with van der Waals surface area (Å²) in [7, 11) is 0. The lowest BCUT2D eigenvalue weighted by Crippen LogP contribution is -2.44. The van der Waals surface area contributed by atoms with Crippen LogP contribution in [0.1, 0.15) is 79.2 Å². The summed E-state index contributed by atoms with van der Waals surface area (Å²) < 4.78 is 12.2. The van der Waals surface area contributed by atoms with Gasteiger partial charge in [-0.25, -0.2) is 0 Å². The predicted molar refractivity (Wildman–Crippen MR) is 113 cm³/mol. The highest BCUT2D eigenvalue weighted by molar-refractivity contribution is 5.49. The van der Waals surface area contributed by atoms with Crippen LogP contribution < -0.4 is 0 Å². The fourth-order valence-corrected chi connectivity index (χ4v) is 4.98. The van der Waals surface area contributed by atoms with Gasteiger partial charge in [-0.1, -0.05) is 31.2 Å². The van der Waals surface area contributed by atoms with Crippen LogP contribution >= 0.6 is 0 Å². The minimum absolute atomic E-state index is 0.254. The second kappa shape index (κ2) is 7.61. The molecule has 0 spiro atoms. The van der Waals surface area contributed by atoms with Gasteiger partial charge < -0.3 is 9.47 Å². The zero-order chi connectivity index (χ0) is 19.9. The molecule has 1 aromatic carbocycles. The van der Waals surface area contributed by atoms with Gasteiger partial charge in [0.15, 0.2) is 5.79 Å². The quantitative estimate of drug-likeness (QED) is 0.604. The largest absolute Gasteiger partial charge is 0.347 e. The van der Waals surface area contributed by atoms with E-state index in [9.17, 15) is 0 Å². The maximum atomic E-state index is 6.22. The summed E-state index contributed by atoms with van der Waals surface area (Å²) in [5, 5.41) is 0. The summed E-state index contributed by atoms with van der Waals surface area (Å²) in [5.41, 5.74) is 9.64. The molecule has 1 aliphatic heterocycles. The SMILES string of the molecule is CC[C@H]1C[C@@H](CCc2c(C)nc3c(c2C)Cc2ccccc2C3)OC(C)(C)O1. The number of nitrogens with zero attached hydrogens (tertiary/aromatic N) is 1. The number of rotatable bonds is 4. The molecule has 1 saturated heterocycles. The van der Waals surface area contributed by atoms with Crippen molar-refractivity contribution in [2.24, 2.45) is 0 Å². The van der Waals surface area contributed by atoms with E-state index in [0.717, 1.165) is 38.5 Å². The Bertz CT molecular complexity index is 871. The van der Waals surface area contributed by atoms with Crippen molar-refractivity contribution >= 4 is 0 Å². The monoisotopic (exact) mass is 379 g/mol. The molecule has 0 unspecified atom stereocenters. The van der Waals surface area contributed by atoms with E-state index in [2.05, 4.69) is 45.0 Å². The zero-order valence-electron chi connectivity index (χ0n) is 18.0. The van der Waals surface area contributed by atoms with Crippen molar-refractivity contribution in [1.82, 2.24) is 4.98 Å². The van der Waals surface area contributed by atoms with Crippen LogP contribution in [0.2, 0.25) is 0 Å². The molecule has 0 saturated carbocycles. The number of benzene rings is 1. The Labute approximate surface area is 169 Å². The molecule has 2 aromatic rings. The Morgan fingerprint density at radius 3 is 2.43 bits per heavy atom. The number of fused-ring (bicyclic) bond motifs is 2. The first-order valence-electron chi connectivity index (χ1n) is 10.8. The van der Waals surface area contributed by atoms with Gasteiger partial charge in [-0.2, -0.15) is 0 Å². The molecule has 0 amide bonds. The van der Waals surface area contributed by atoms with Gasteiger partial charge in [-0.15, -0.1) is 0 Å².